The lowest BCUT2D eigenvalue weighted by molar-refractivity contribution is -0.120. The number of anilines is 1. The SMILES string of the molecule is CN1C(=O)COc2c(-c3nc(-c4ccccc4)cs3)cc(Cl)cc21. The normalized spacial score (nSPS) is 13.6. The Morgan fingerprint density at radius 1 is 1.25 bits per heavy atom. The van der Waals surface area contributed by atoms with Crippen LogP contribution in [-0.2, 0) is 4.79 Å². The van der Waals surface area contributed by atoms with Crippen LogP contribution < -0.4 is 9.64 Å². The minimum Gasteiger partial charge on any atom is -0.481 e. The molecule has 0 spiro atoms. The van der Waals surface area contributed by atoms with E-state index in [0.717, 1.165) is 21.8 Å². The summed E-state index contributed by atoms with van der Waals surface area (Å²) in [6, 6.07) is 13.6. The molecule has 2 heterocycles. The van der Waals surface area contributed by atoms with E-state index in [1.54, 1.807) is 18.0 Å². The van der Waals surface area contributed by atoms with Gasteiger partial charge in [-0.15, -0.1) is 11.3 Å². The van der Waals surface area contributed by atoms with E-state index in [-0.39, 0.29) is 12.5 Å². The van der Waals surface area contributed by atoms with Crippen LogP contribution in [0.2, 0.25) is 5.02 Å². The molecule has 0 saturated carbocycles. The highest BCUT2D eigenvalue weighted by Gasteiger charge is 2.27. The lowest BCUT2D eigenvalue weighted by Gasteiger charge is -2.27. The van der Waals surface area contributed by atoms with Gasteiger partial charge in [-0.25, -0.2) is 4.98 Å². The van der Waals surface area contributed by atoms with Crippen molar-refractivity contribution in [3.8, 4) is 27.6 Å². The lowest BCUT2D eigenvalue weighted by atomic mass is 10.1. The van der Waals surface area contributed by atoms with Crippen LogP contribution in [0.5, 0.6) is 5.75 Å². The molecule has 24 heavy (non-hydrogen) atoms. The third-order valence-electron chi connectivity index (χ3n) is 3.91. The number of benzene rings is 2. The number of amides is 1. The van der Waals surface area contributed by atoms with Gasteiger partial charge in [0.15, 0.2) is 12.4 Å². The topological polar surface area (TPSA) is 42.4 Å². The molecule has 0 fully saturated rings. The third kappa shape index (κ3) is 2.56. The summed E-state index contributed by atoms with van der Waals surface area (Å²) in [5.74, 6) is 0.551. The van der Waals surface area contributed by atoms with Gasteiger partial charge < -0.3 is 9.64 Å². The summed E-state index contributed by atoms with van der Waals surface area (Å²) in [6.45, 7) is 0.0229. The fourth-order valence-corrected chi connectivity index (χ4v) is 3.70. The quantitative estimate of drug-likeness (QED) is 0.679. The fourth-order valence-electron chi connectivity index (χ4n) is 2.64. The molecule has 0 unspecified atom stereocenters. The van der Waals surface area contributed by atoms with Crippen molar-refractivity contribution in [1.82, 2.24) is 4.98 Å². The van der Waals surface area contributed by atoms with E-state index in [1.165, 1.54) is 11.3 Å². The van der Waals surface area contributed by atoms with Gasteiger partial charge in [-0.1, -0.05) is 41.9 Å². The molecular formula is C18H13ClN2O2S. The minimum atomic E-state index is -0.0974. The number of nitrogens with zero attached hydrogens (tertiary/aromatic N) is 2. The molecule has 120 valence electrons. The first-order chi connectivity index (χ1) is 11.6. The van der Waals surface area contributed by atoms with E-state index in [0.29, 0.717) is 16.5 Å². The molecule has 1 aliphatic heterocycles. The molecule has 0 radical (unpaired) electrons. The van der Waals surface area contributed by atoms with Crippen LogP contribution in [0.15, 0.2) is 47.8 Å². The summed E-state index contributed by atoms with van der Waals surface area (Å²) in [6.07, 6.45) is 0. The second-order valence-electron chi connectivity index (χ2n) is 5.45. The van der Waals surface area contributed by atoms with Crippen LogP contribution in [0.4, 0.5) is 5.69 Å². The smallest absolute Gasteiger partial charge is 0.264 e. The summed E-state index contributed by atoms with van der Waals surface area (Å²) in [7, 11) is 1.72. The number of thiazole rings is 1. The van der Waals surface area contributed by atoms with Crippen molar-refractivity contribution in [3.05, 3.63) is 52.9 Å². The first kappa shape index (κ1) is 15.2. The molecular weight excluding hydrogens is 344 g/mol. The van der Waals surface area contributed by atoms with E-state index in [1.807, 2.05) is 41.8 Å². The molecule has 6 heteroatoms. The van der Waals surface area contributed by atoms with Gasteiger partial charge in [0.25, 0.3) is 5.91 Å². The zero-order chi connectivity index (χ0) is 16.7. The Kier molecular flexibility index (Phi) is 3.75. The molecule has 0 bridgehead atoms. The number of carbonyl (C=O) groups excluding carboxylic acids is 1. The average Bonchev–Trinajstić information content (AvgIpc) is 3.09. The number of rotatable bonds is 2. The molecule has 4 rings (SSSR count). The predicted molar refractivity (Wildman–Crippen MR) is 96.9 cm³/mol. The maximum atomic E-state index is 11.8. The number of ether oxygens (including phenoxy) is 1. The molecule has 1 amide bonds. The molecule has 0 N–H and O–H groups in total. The van der Waals surface area contributed by atoms with Crippen molar-refractivity contribution in [2.75, 3.05) is 18.6 Å². The van der Waals surface area contributed by atoms with Gasteiger partial charge in [0, 0.05) is 23.0 Å². The number of halogens is 1. The van der Waals surface area contributed by atoms with Gasteiger partial charge in [0.05, 0.1) is 16.9 Å². The standard InChI is InChI=1S/C18H13ClN2O2S/c1-21-15-8-12(19)7-13(17(15)23-9-16(21)22)18-20-14(10-24-18)11-5-3-2-4-6-11/h2-8,10H,9H2,1H3. The Bertz CT molecular complexity index is 924. The van der Waals surface area contributed by atoms with Crippen molar-refractivity contribution in [2.45, 2.75) is 0 Å². The molecule has 1 aliphatic rings. The summed E-state index contributed by atoms with van der Waals surface area (Å²) >= 11 is 7.78. The van der Waals surface area contributed by atoms with E-state index in [2.05, 4.69) is 0 Å². The largest absolute Gasteiger partial charge is 0.481 e. The number of hydrogen-bond acceptors (Lipinski definition) is 4. The van der Waals surface area contributed by atoms with E-state index in [4.69, 9.17) is 21.3 Å². The first-order valence-corrected chi connectivity index (χ1v) is 8.63. The first-order valence-electron chi connectivity index (χ1n) is 7.37. The summed E-state index contributed by atoms with van der Waals surface area (Å²) in [4.78, 5) is 18.1. The van der Waals surface area contributed by atoms with Crippen LogP contribution in [0.1, 0.15) is 0 Å². The fraction of sp³-hybridized carbons (Fsp3) is 0.111. The molecule has 2 aromatic carbocycles. The Morgan fingerprint density at radius 3 is 2.83 bits per heavy atom. The number of fused-ring (bicyclic) bond motifs is 1. The van der Waals surface area contributed by atoms with Crippen LogP contribution in [0.25, 0.3) is 21.8 Å². The van der Waals surface area contributed by atoms with Crippen LogP contribution in [0.3, 0.4) is 0 Å². The van der Waals surface area contributed by atoms with Crippen LogP contribution in [0, 0.1) is 0 Å². The summed E-state index contributed by atoms with van der Waals surface area (Å²) in [5.41, 5.74) is 3.45. The predicted octanol–water partition coefficient (Wildman–Crippen LogP) is 4.49. The lowest BCUT2D eigenvalue weighted by Crippen LogP contribution is -2.35. The third-order valence-corrected chi connectivity index (χ3v) is 5.01. The van der Waals surface area contributed by atoms with Crippen molar-refractivity contribution in [2.24, 2.45) is 0 Å². The van der Waals surface area contributed by atoms with Crippen molar-refractivity contribution in [3.63, 3.8) is 0 Å². The number of aromatic nitrogens is 1. The maximum absolute atomic E-state index is 11.8. The van der Waals surface area contributed by atoms with Crippen molar-refractivity contribution < 1.29 is 9.53 Å². The molecule has 1 aromatic heterocycles. The highest BCUT2D eigenvalue weighted by Crippen LogP contribution is 2.44. The second kappa shape index (κ2) is 5.92. The molecule has 0 saturated heterocycles. The van der Waals surface area contributed by atoms with Gasteiger partial charge in [-0.3, -0.25) is 4.79 Å². The minimum absolute atomic E-state index is 0.0229. The van der Waals surface area contributed by atoms with Gasteiger partial charge in [0.1, 0.15) is 5.01 Å². The van der Waals surface area contributed by atoms with E-state index >= 15 is 0 Å². The number of carbonyl (C=O) groups is 1. The van der Waals surface area contributed by atoms with Crippen LogP contribution >= 0.6 is 22.9 Å². The number of likely N-dealkylation sites (N-methyl/N-ethyl adjacent to an activating group) is 1. The maximum Gasteiger partial charge on any atom is 0.264 e. The van der Waals surface area contributed by atoms with Crippen molar-refractivity contribution >= 4 is 34.5 Å². The van der Waals surface area contributed by atoms with Gasteiger partial charge in [-0.05, 0) is 12.1 Å². The van der Waals surface area contributed by atoms with Gasteiger partial charge >= 0.3 is 0 Å². The van der Waals surface area contributed by atoms with E-state index < -0.39 is 0 Å². The summed E-state index contributed by atoms with van der Waals surface area (Å²) < 4.78 is 5.68. The molecule has 4 nitrogen and oxygen atoms in total. The number of hydrogen-bond donors (Lipinski definition) is 0. The van der Waals surface area contributed by atoms with Crippen molar-refractivity contribution in [1.29, 1.82) is 0 Å². The Morgan fingerprint density at radius 2 is 2.04 bits per heavy atom. The second-order valence-corrected chi connectivity index (χ2v) is 6.74. The summed E-state index contributed by atoms with van der Waals surface area (Å²) in [5, 5.41) is 3.37. The average molecular weight is 357 g/mol. The molecule has 0 atom stereocenters. The Balaban J connectivity index is 1.82. The zero-order valence-corrected chi connectivity index (χ0v) is 14.4. The Labute approximate surface area is 148 Å². The van der Waals surface area contributed by atoms with Crippen LogP contribution in [-0.4, -0.2) is 24.5 Å². The van der Waals surface area contributed by atoms with E-state index in [9.17, 15) is 4.79 Å². The monoisotopic (exact) mass is 356 g/mol. The van der Waals surface area contributed by atoms with Gasteiger partial charge in [-0.2, -0.15) is 0 Å². The highest BCUT2D eigenvalue weighted by atomic mass is 35.5. The Hall–Kier alpha value is -2.37. The molecule has 3 aromatic rings. The van der Waals surface area contributed by atoms with Gasteiger partial charge in [0.2, 0.25) is 0 Å². The zero-order valence-electron chi connectivity index (χ0n) is 12.8. The molecule has 0 aliphatic carbocycles. The highest BCUT2D eigenvalue weighted by molar-refractivity contribution is 7.13.